The Kier molecular flexibility index (Phi) is 9.14. The zero-order chi connectivity index (χ0) is 8.36. The Morgan fingerprint density at radius 1 is 1.09 bits per heavy atom. The van der Waals surface area contributed by atoms with Gasteiger partial charge in [-0.15, -0.1) is 0 Å². The lowest BCUT2D eigenvalue weighted by atomic mass is 10.2. The highest BCUT2D eigenvalue weighted by Crippen LogP contribution is 2.02. The molecule has 0 heterocycles. The summed E-state index contributed by atoms with van der Waals surface area (Å²) in [6, 6.07) is 0. The van der Waals surface area contributed by atoms with Gasteiger partial charge < -0.3 is 4.74 Å². The van der Waals surface area contributed by atoms with Crippen molar-refractivity contribution in [3.8, 4) is 0 Å². The number of ether oxygens (including phenoxy) is 1. The lowest BCUT2D eigenvalue weighted by Crippen LogP contribution is -1.77. The van der Waals surface area contributed by atoms with Crippen molar-refractivity contribution in [3.63, 3.8) is 0 Å². The monoisotopic (exact) mass is 156 g/mol. The highest BCUT2D eigenvalue weighted by molar-refractivity contribution is 4.72. The molecular formula is C10H20O. The van der Waals surface area contributed by atoms with Crippen molar-refractivity contribution in [2.24, 2.45) is 0 Å². The Morgan fingerprint density at radius 2 is 1.91 bits per heavy atom. The molecule has 66 valence electrons. The molecule has 0 N–H and O–H groups in total. The molecule has 0 aliphatic rings. The molecule has 0 aromatic rings. The van der Waals surface area contributed by atoms with Crippen LogP contribution in [0.5, 0.6) is 0 Å². The van der Waals surface area contributed by atoms with Crippen LogP contribution >= 0.6 is 0 Å². The summed E-state index contributed by atoms with van der Waals surface area (Å²) in [5, 5.41) is 0. The van der Waals surface area contributed by atoms with Crippen LogP contribution in [-0.4, -0.2) is 6.61 Å². The molecule has 0 bridgehead atoms. The van der Waals surface area contributed by atoms with E-state index in [1.807, 2.05) is 13.2 Å². The van der Waals surface area contributed by atoms with Crippen molar-refractivity contribution in [1.82, 2.24) is 0 Å². The Hall–Kier alpha value is -0.460. The third-order valence-corrected chi connectivity index (χ3v) is 1.58. The van der Waals surface area contributed by atoms with Gasteiger partial charge in [0, 0.05) is 0 Å². The Morgan fingerprint density at radius 3 is 2.55 bits per heavy atom. The zero-order valence-corrected chi connectivity index (χ0v) is 7.81. The maximum Gasteiger partial charge on any atom is 0.0845 e. The van der Waals surface area contributed by atoms with Gasteiger partial charge in [-0.3, -0.25) is 0 Å². The molecule has 11 heavy (non-hydrogen) atoms. The molecule has 0 unspecified atom stereocenters. The highest BCUT2D eigenvalue weighted by atomic mass is 16.5. The fourth-order valence-electron chi connectivity index (χ4n) is 0.921. The second-order valence-electron chi connectivity index (χ2n) is 2.68. The topological polar surface area (TPSA) is 9.23 Å². The van der Waals surface area contributed by atoms with Crippen molar-refractivity contribution < 1.29 is 4.74 Å². The minimum Gasteiger partial charge on any atom is -0.502 e. The van der Waals surface area contributed by atoms with Crippen LogP contribution in [0.1, 0.15) is 46.0 Å². The van der Waals surface area contributed by atoms with E-state index in [2.05, 4.69) is 13.0 Å². The molecule has 0 fully saturated rings. The molecule has 0 rings (SSSR count). The lowest BCUT2D eigenvalue weighted by Gasteiger charge is -1.94. The van der Waals surface area contributed by atoms with Gasteiger partial charge in [0.1, 0.15) is 0 Å². The molecule has 1 nitrogen and oxygen atoms in total. The van der Waals surface area contributed by atoms with Gasteiger partial charge >= 0.3 is 0 Å². The highest BCUT2D eigenvalue weighted by Gasteiger charge is 1.83. The Bertz CT molecular complexity index is 86.9. The molecule has 0 atom stereocenters. The van der Waals surface area contributed by atoms with E-state index in [1.165, 1.54) is 32.1 Å². The van der Waals surface area contributed by atoms with Gasteiger partial charge in [0.15, 0.2) is 0 Å². The molecule has 0 amide bonds. The quantitative estimate of drug-likeness (QED) is 0.405. The number of hydrogen-bond donors (Lipinski definition) is 0. The van der Waals surface area contributed by atoms with Crippen LogP contribution in [0.3, 0.4) is 0 Å². The summed E-state index contributed by atoms with van der Waals surface area (Å²) in [6.45, 7) is 5.02. The molecule has 0 aliphatic carbocycles. The first kappa shape index (κ1) is 10.5. The molecule has 0 saturated heterocycles. The van der Waals surface area contributed by atoms with Crippen molar-refractivity contribution >= 4 is 0 Å². The molecule has 1 heteroatoms. The predicted octanol–water partition coefficient (Wildman–Crippen LogP) is 3.51. The number of hydrogen-bond acceptors (Lipinski definition) is 1. The van der Waals surface area contributed by atoms with Gasteiger partial charge in [0.2, 0.25) is 0 Å². The van der Waals surface area contributed by atoms with E-state index < -0.39 is 0 Å². The van der Waals surface area contributed by atoms with E-state index in [-0.39, 0.29) is 0 Å². The number of unbranched alkanes of at least 4 members (excludes halogenated alkanes) is 4. The molecule has 0 aromatic carbocycles. The standard InChI is InChI=1S/C10H20O/c1-3-5-6-7-8-9-10-11-4-2/h9-10H,3-8H2,1-2H3/b10-9+. The smallest absolute Gasteiger partial charge is 0.0845 e. The van der Waals surface area contributed by atoms with Crippen LogP contribution in [0.2, 0.25) is 0 Å². The van der Waals surface area contributed by atoms with Crippen molar-refractivity contribution in [1.29, 1.82) is 0 Å². The lowest BCUT2D eigenvalue weighted by molar-refractivity contribution is 0.268. The van der Waals surface area contributed by atoms with Crippen LogP contribution in [0.15, 0.2) is 12.3 Å². The first-order valence-electron chi connectivity index (χ1n) is 4.68. The summed E-state index contributed by atoms with van der Waals surface area (Å²) in [5.41, 5.74) is 0. The molecule has 0 aliphatic heterocycles. The molecule has 0 radical (unpaired) electrons. The fraction of sp³-hybridized carbons (Fsp3) is 0.800. The van der Waals surface area contributed by atoms with E-state index in [9.17, 15) is 0 Å². The summed E-state index contributed by atoms with van der Waals surface area (Å²) in [7, 11) is 0. The SMILES string of the molecule is CCCCCC/C=C/OCC. The predicted molar refractivity (Wildman–Crippen MR) is 49.5 cm³/mol. The van der Waals surface area contributed by atoms with E-state index in [4.69, 9.17) is 4.74 Å². The largest absolute Gasteiger partial charge is 0.502 e. The Balaban J connectivity index is 2.89. The normalized spacial score (nSPS) is 10.7. The summed E-state index contributed by atoms with van der Waals surface area (Å²) < 4.78 is 5.06. The van der Waals surface area contributed by atoms with Crippen LogP contribution in [0.4, 0.5) is 0 Å². The van der Waals surface area contributed by atoms with Gasteiger partial charge in [-0.25, -0.2) is 0 Å². The summed E-state index contributed by atoms with van der Waals surface area (Å²) >= 11 is 0. The van der Waals surface area contributed by atoms with Crippen LogP contribution < -0.4 is 0 Å². The molecule has 0 aromatic heterocycles. The van der Waals surface area contributed by atoms with E-state index in [1.54, 1.807) is 0 Å². The van der Waals surface area contributed by atoms with Crippen LogP contribution in [-0.2, 0) is 4.74 Å². The van der Waals surface area contributed by atoms with Gasteiger partial charge in [0.05, 0.1) is 12.9 Å². The van der Waals surface area contributed by atoms with E-state index in [0.29, 0.717) is 0 Å². The number of rotatable bonds is 7. The second-order valence-corrected chi connectivity index (χ2v) is 2.68. The molecular weight excluding hydrogens is 136 g/mol. The molecule has 0 saturated carbocycles. The zero-order valence-electron chi connectivity index (χ0n) is 7.81. The van der Waals surface area contributed by atoms with E-state index in [0.717, 1.165) is 6.61 Å². The number of allylic oxidation sites excluding steroid dienone is 1. The van der Waals surface area contributed by atoms with Gasteiger partial charge in [-0.1, -0.05) is 26.2 Å². The van der Waals surface area contributed by atoms with Crippen LogP contribution in [0.25, 0.3) is 0 Å². The third-order valence-electron chi connectivity index (χ3n) is 1.58. The van der Waals surface area contributed by atoms with Crippen molar-refractivity contribution in [2.75, 3.05) is 6.61 Å². The summed E-state index contributed by atoms with van der Waals surface area (Å²) in [6.07, 6.45) is 10.4. The minimum atomic E-state index is 0.783. The third kappa shape index (κ3) is 9.54. The first-order chi connectivity index (χ1) is 5.41. The first-order valence-corrected chi connectivity index (χ1v) is 4.68. The second kappa shape index (κ2) is 9.54. The van der Waals surface area contributed by atoms with Crippen molar-refractivity contribution in [3.05, 3.63) is 12.3 Å². The van der Waals surface area contributed by atoms with Gasteiger partial charge in [0.25, 0.3) is 0 Å². The van der Waals surface area contributed by atoms with Gasteiger partial charge in [-0.05, 0) is 25.8 Å². The Labute approximate surface area is 70.4 Å². The molecule has 0 spiro atoms. The maximum atomic E-state index is 5.06. The summed E-state index contributed by atoms with van der Waals surface area (Å²) in [5.74, 6) is 0. The summed E-state index contributed by atoms with van der Waals surface area (Å²) in [4.78, 5) is 0. The van der Waals surface area contributed by atoms with E-state index >= 15 is 0 Å². The maximum absolute atomic E-state index is 5.06. The average Bonchev–Trinajstić information content (AvgIpc) is 2.03. The van der Waals surface area contributed by atoms with Gasteiger partial charge in [-0.2, -0.15) is 0 Å². The fourth-order valence-corrected chi connectivity index (χ4v) is 0.921. The van der Waals surface area contributed by atoms with Crippen molar-refractivity contribution in [2.45, 2.75) is 46.0 Å². The van der Waals surface area contributed by atoms with Crippen LogP contribution in [0, 0.1) is 0 Å². The average molecular weight is 156 g/mol. The minimum absolute atomic E-state index is 0.783.